The van der Waals surface area contributed by atoms with Crippen molar-refractivity contribution in [2.24, 2.45) is 0 Å². The van der Waals surface area contributed by atoms with E-state index in [0.717, 1.165) is 18.5 Å². The first kappa shape index (κ1) is 15.7. The first-order chi connectivity index (χ1) is 9.63. The second kappa shape index (κ2) is 7.33. The van der Waals surface area contributed by atoms with Crippen molar-refractivity contribution in [3.8, 4) is 0 Å². The van der Waals surface area contributed by atoms with Crippen LogP contribution in [0, 0.1) is 0 Å². The van der Waals surface area contributed by atoms with Crippen LogP contribution in [0.15, 0.2) is 36.4 Å². The molecule has 1 nitrogen and oxygen atoms in total. The second-order valence-electron chi connectivity index (χ2n) is 4.55. The maximum Gasteiger partial charge on any atom is 0.0652 e. The predicted molar refractivity (Wildman–Crippen MR) is 87.8 cm³/mol. The van der Waals surface area contributed by atoms with Crippen LogP contribution in [0.4, 0.5) is 0 Å². The van der Waals surface area contributed by atoms with E-state index in [2.05, 4.69) is 36.5 Å². The molecule has 0 aliphatic heterocycles. The van der Waals surface area contributed by atoms with Crippen LogP contribution in [0.25, 0.3) is 0 Å². The van der Waals surface area contributed by atoms with Gasteiger partial charge in [-0.2, -0.15) is 0 Å². The van der Waals surface area contributed by atoms with Gasteiger partial charge in [0.15, 0.2) is 0 Å². The van der Waals surface area contributed by atoms with Crippen molar-refractivity contribution < 1.29 is 0 Å². The molecule has 2 aromatic rings. The number of aryl methyl sites for hydroxylation is 1. The number of hydrogen-bond acceptors (Lipinski definition) is 1. The number of rotatable bonds is 5. The average Bonchev–Trinajstić information content (AvgIpc) is 2.47. The van der Waals surface area contributed by atoms with Gasteiger partial charge in [0.2, 0.25) is 0 Å². The van der Waals surface area contributed by atoms with E-state index in [-0.39, 0.29) is 0 Å². The van der Waals surface area contributed by atoms with E-state index in [1.54, 1.807) is 12.1 Å². The minimum atomic E-state index is 0.524. The summed E-state index contributed by atoms with van der Waals surface area (Å²) in [5.41, 5.74) is 3.49. The predicted octanol–water partition coefficient (Wildman–Crippen LogP) is 5.50. The molecule has 0 aromatic heterocycles. The molecule has 4 heteroatoms. The molecule has 1 N–H and O–H groups in total. The molecule has 0 atom stereocenters. The van der Waals surface area contributed by atoms with Crippen LogP contribution in [0.5, 0.6) is 0 Å². The summed E-state index contributed by atoms with van der Waals surface area (Å²) in [4.78, 5) is 0. The van der Waals surface area contributed by atoms with E-state index in [4.69, 9.17) is 34.8 Å². The minimum absolute atomic E-state index is 0.524. The Hall–Kier alpha value is -0.730. The summed E-state index contributed by atoms with van der Waals surface area (Å²) in [6.45, 7) is 3.53. The zero-order valence-corrected chi connectivity index (χ0v) is 13.5. The molecule has 0 amide bonds. The van der Waals surface area contributed by atoms with Gasteiger partial charge in [0.05, 0.1) is 10.0 Å². The molecule has 0 fully saturated rings. The lowest BCUT2D eigenvalue weighted by atomic mass is 10.1. The molecular weight excluding hydrogens is 313 g/mol. The van der Waals surface area contributed by atoms with E-state index in [1.165, 1.54) is 11.1 Å². The van der Waals surface area contributed by atoms with Gasteiger partial charge >= 0.3 is 0 Å². The number of nitrogens with one attached hydrogen (secondary N) is 1. The second-order valence-corrected chi connectivity index (χ2v) is 5.74. The van der Waals surface area contributed by atoms with Gasteiger partial charge in [-0.1, -0.05) is 66.0 Å². The van der Waals surface area contributed by atoms with Gasteiger partial charge in [0, 0.05) is 23.7 Å². The fraction of sp³-hybridized carbons (Fsp3) is 0.250. The van der Waals surface area contributed by atoms with Gasteiger partial charge in [-0.05, 0) is 29.7 Å². The third-order valence-corrected chi connectivity index (χ3v) is 4.45. The van der Waals surface area contributed by atoms with E-state index in [1.807, 2.05) is 0 Å². The van der Waals surface area contributed by atoms with Crippen molar-refractivity contribution in [3.05, 3.63) is 68.2 Å². The molecule has 0 bridgehead atoms. The van der Waals surface area contributed by atoms with Gasteiger partial charge in [0.1, 0.15) is 0 Å². The molecule has 0 spiro atoms. The third kappa shape index (κ3) is 3.67. The van der Waals surface area contributed by atoms with E-state index in [9.17, 15) is 0 Å². The number of halogens is 3. The van der Waals surface area contributed by atoms with Crippen molar-refractivity contribution in [2.75, 3.05) is 0 Å². The van der Waals surface area contributed by atoms with Crippen LogP contribution in [-0.2, 0) is 19.5 Å². The summed E-state index contributed by atoms with van der Waals surface area (Å²) in [5, 5.41) is 5.06. The molecule has 20 heavy (non-hydrogen) atoms. The van der Waals surface area contributed by atoms with Crippen molar-refractivity contribution in [1.82, 2.24) is 5.32 Å². The molecule has 0 saturated carbocycles. The Morgan fingerprint density at radius 3 is 2.20 bits per heavy atom. The Labute approximate surface area is 134 Å². The third-order valence-electron chi connectivity index (χ3n) is 3.26. The minimum Gasteiger partial charge on any atom is -0.308 e. The highest BCUT2D eigenvalue weighted by Crippen LogP contribution is 2.31. The summed E-state index contributed by atoms with van der Waals surface area (Å²) in [7, 11) is 0. The SMILES string of the molecule is CCc1ccccc1CNCc1c(Cl)ccc(Cl)c1Cl. The van der Waals surface area contributed by atoms with Gasteiger partial charge in [-0.15, -0.1) is 0 Å². The normalized spacial score (nSPS) is 10.8. The number of benzene rings is 2. The van der Waals surface area contributed by atoms with Crippen LogP contribution in [0.3, 0.4) is 0 Å². The van der Waals surface area contributed by atoms with Gasteiger partial charge in [-0.25, -0.2) is 0 Å². The van der Waals surface area contributed by atoms with Crippen molar-refractivity contribution >= 4 is 34.8 Å². The van der Waals surface area contributed by atoms with Crippen LogP contribution in [0.2, 0.25) is 15.1 Å². The monoisotopic (exact) mass is 327 g/mol. The molecular formula is C16H16Cl3N. The summed E-state index contributed by atoms with van der Waals surface area (Å²) < 4.78 is 0. The average molecular weight is 329 g/mol. The summed E-state index contributed by atoms with van der Waals surface area (Å²) in [5.74, 6) is 0. The summed E-state index contributed by atoms with van der Waals surface area (Å²) in [6, 6.07) is 11.9. The highest BCUT2D eigenvalue weighted by Gasteiger charge is 2.09. The molecule has 2 aromatic carbocycles. The molecule has 0 saturated heterocycles. The molecule has 0 unspecified atom stereocenters. The van der Waals surface area contributed by atoms with Crippen LogP contribution in [-0.4, -0.2) is 0 Å². The van der Waals surface area contributed by atoms with E-state index >= 15 is 0 Å². The fourth-order valence-electron chi connectivity index (χ4n) is 2.13. The van der Waals surface area contributed by atoms with Crippen LogP contribution < -0.4 is 5.32 Å². The maximum absolute atomic E-state index is 6.18. The van der Waals surface area contributed by atoms with Crippen molar-refractivity contribution in [3.63, 3.8) is 0 Å². The first-order valence-electron chi connectivity index (χ1n) is 6.53. The van der Waals surface area contributed by atoms with Gasteiger partial charge < -0.3 is 5.32 Å². The van der Waals surface area contributed by atoms with Gasteiger partial charge in [-0.3, -0.25) is 0 Å². The highest BCUT2D eigenvalue weighted by molar-refractivity contribution is 6.44. The lowest BCUT2D eigenvalue weighted by Crippen LogP contribution is -2.14. The lowest BCUT2D eigenvalue weighted by molar-refractivity contribution is 0.688. The Morgan fingerprint density at radius 2 is 1.50 bits per heavy atom. The molecule has 0 aliphatic rings. The quantitative estimate of drug-likeness (QED) is 0.715. The van der Waals surface area contributed by atoms with E-state index < -0.39 is 0 Å². The van der Waals surface area contributed by atoms with E-state index in [0.29, 0.717) is 21.6 Å². The Balaban J connectivity index is 2.05. The zero-order chi connectivity index (χ0) is 14.5. The lowest BCUT2D eigenvalue weighted by Gasteiger charge is -2.12. The highest BCUT2D eigenvalue weighted by atomic mass is 35.5. The van der Waals surface area contributed by atoms with Crippen molar-refractivity contribution in [2.45, 2.75) is 26.4 Å². The Morgan fingerprint density at radius 1 is 0.850 bits per heavy atom. The van der Waals surface area contributed by atoms with Gasteiger partial charge in [0.25, 0.3) is 0 Å². The van der Waals surface area contributed by atoms with Crippen LogP contribution >= 0.6 is 34.8 Å². The topological polar surface area (TPSA) is 12.0 Å². The molecule has 0 heterocycles. The fourth-order valence-corrected chi connectivity index (χ4v) is 2.81. The first-order valence-corrected chi connectivity index (χ1v) is 7.66. The van der Waals surface area contributed by atoms with Crippen LogP contribution in [0.1, 0.15) is 23.6 Å². The molecule has 2 rings (SSSR count). The van der Waals surface area contributed by atoms with Crippen molar-refractivity contribution in [1.29, 1.82) is 0 Å². The molecule has 106 valence electrons. The largest absolute Gasteiger partial charge is 0.308 e. The Bertz CT molecular complexity index is 596. The standard InChI is InChI=1S/C16H16Cl3N/c1-2-11-5-3-4-6-12(11)9-20-10-13-14(17)7-8-15(18)16(13)19/h3-8,20H,2,9-10H2,1H3. The maximum atomic E-state index is 6.18. The smallest absolute Gasteiger partial charge is 0.0652 e. The number of hydrogen-bond donors (Lipinski definition) is 1. The summed E-state index contributed by atoms with van der Waals surface area (Å²) >= 11 is 18.4. The molecule has 0 radical (unpaired) electrons. The summed E-state index contributed by atoms with van der Waals surface area (Å²) in [6.07, 6.45) is 1.02. The molecule has 0 aliphatic carbocycles. The zero-order valence-electron chi connectivity index (χ0n) is 11.2. The Kier molecular flexibility index (Phi) is 5.74.